The number of hydrogen-bond acceptors (Lipinski definition) is 3. The molecule has 4 rings (SSSR count). The Hall–Kier alpha value is -3.41. The first kappa shape index (κ1) is 23.7. The molecule has 0 radical (unpaired) electrons. The molecule has 176 valence electrons. The van der Waals surface area contributed by atoms with Crippen LogP contribution in [0.1, 0.15) is 29.1 Å². The SMILES string of the molecule is Cn1c(C[N+](C)(C)CCCOc2ccccc2)cnc1C(O)(c1ccccc1)c1ccccc1. The molecule has 0 saturated carbocycles. The third-order valence-electron chi connectivity index (χ3n) is 6.30. The minimum Gasteiger partial charge on any atom is -0.493 e. The van der Waals surface area contributed by atoms with E-state index in [9.17, 15) is 5.11 Å². The molecule has 3 aromatic carbocycles. The Morgan fingerprint density at radius 1 is 0.853 bits per heavy atom. The Kier molecular flexibility index (Phi) is 7.15. The molecular formula is C29H34N3O2+. The van der Waals surface area contributed by atoms with Gasteiger partial charge in [-0.15, -0.1) is 0 Å². The molecule has 0 atom stereocenters. The van der Waals surface area contributed by atoms with Crippen LogP contribution in [0.2, 0.25) is 0 Å². The molecule has 0 aliphatic carbocycles. The smallest absolute Gasteiger partial charge is 0.173 e. The van der Waals surface area contributed by atoms with Crippen LogP contribution in [0.15, 0.2) is 97.2 Å². The van der Waals surface area contributed by atoms with Gasteiger partial charge in [-0.25, -0.2) is 4.98 Å². The van der Waals surface area contributed by atoms with E-state index in [-0.39, 0.29) is 0 Å². The first-order chi connectivity index (χ1) is 16.4. The van der Waals surface area contributed by atoms with Crippen LogP contribution in [0.25, 0.3) is 0 Å². The predicted molar refractivity (Wildman–Crippen MR) is 135 cm³/mol. The molecule has 0 bridgehead atoms. The van der Waals surface area contributed by atoms with Gasteiger partial charge in [0.2, 0.25) is 0 Å². The van der Waals surface area contributed by atoms with E-state index in [0.29, 0.717) is 12.4 Å². The zero-order chi connectivity index (χ0) is 24.0. The highest BCUT2D eigenvalue weighted by Crippen LogP contribution is 2.36. The molecule has 0 amide bonds. The van der Waals surface area contributed by atoms with Gasteiger partial charge in [-0.2, -0.15) is 0 Å². The molecule has 4 aromatic rings. The maximum atomic E-state index is 12.1. The number of imidazole rings is 1. The van der Waals surface area contributed by atoms with E-state index >= 15 is 0 Å². The fraction of sp³-hybridized carbons (Fsp3) is 0.276. The third-order valence-corrected chi connectivity index (χ3v) is 6.30. The van der Waals surface area contributed by atoms with Gasteiger partial charge in [-0.05, 0) is 23.3 Å². The lowest BCUT2D eigenvalue weighted by Crippen LogP contribution is -2.41. The summed E-state index contributed by atoms with van der Waals surface area (Å²) in [5.41, 5.74) is 1.34. The van der Waals surface area contributed by atoms with E-state index < -0.39 is 5.60 Å². The molecule has 0 saturated heterocycles. The van der Waals surface area contributed by atoms with Crippen molar-refractivity contribution in [2.45, 2.75) is 18.6 Å². The molecule has 0 aliphatic heterocycles. The highest BCUT2D eigenvalue weighted by atomic mass is 16.5. The molecule has 1 aromatic heterocycles. The van der Waals surface area contributed by atoms with Gasteiger partial charge in [0, 0.05) is 13.5 Å². The molecule has 34 heavy (non-hydrogen) atoms. The molecule has 1 heterocycles. The third kappa shape index (κ3) is 5.22. The second-order valence-corrected chi connectivity index (χ2v) is 9.41. The standard InChI is InChI=1S/C29H34N3O2/c1-31-26(23-32(2,3)20-13-21-34-27-18-11-6-12-19-27)22-30-28(31)29(33,24-14-7-4-8-15-24)25-16-9-5-10-17-25/h4-12,14-19,22,33H,13,20-21,23H2,1-3H3/q+1. The summed E-state index contributed by atoms with van der Waals surface area (Å²) in [5, 5.41) is 12.1. The van der Waals surface area contributed by atoms with Crippen molar-refractivity contribution in [3.63, 3.8) is 0 Å². The van der Waals surface area contributed by atoms with Crippen molar-refractivity contribution < 1.29 is 14.3 Å². The Bertz CT molecular complexity index is 1130. The summed E-state index contributed by atoms with van der Waals surface area (Å²) in [7, 11) is 6.43. The molecule has 0 aliphatic rings. The minimum absolute atomic E-state index is 0.618. The van der Waals surface area contributed by atoms with Crippen molar-refractivity contribution in [3.05, 3.63) is 120 Å². The molecule has 0 fully saturated rings. The fourth-order valence-corrected chi connectivity index (χ4v) is 4.43. The number of hydrogen-bond donors (Lipinski definition) is 1. The Morgan fingerprint density at radius 3 is 1.94 bits per heavy atom. The van der Waals surface area contributed by atoms with Gasteiger partial charge in [0.1, 0.15) is 18.1 Å². The predicted octanol–water partition coefficient (Wildman–Crippen LogP) is 4.75. The van der Waals surface area contributed by atoms with Crippen molar-refractivity contribution >= 4 is 0 Å². The lowest BCUT2D eigenvalue weighted by Gasteiger charge is -2.31. The number of ether oxygens (including phenoxy) is 1. The molecule has 5 heteroatoms. The van der Waals surface area contributed by atoms with E-state index in [4.69, 9.17) is 9.72 Å². The van der Waals surface area contributed by atoms with Crippen LogP contribution in [0.3, 0.4) is 0 Å². The van der Waals surface area contributed by atoms with Crippen molar-refractivity contribution in [2.24, 2.45) is 7.05 Å². The first-order valence-corrected chi connectivity index (χ1v) is 11.7. The maximum absolute atomic E-state index is 12.1. The van der Waals surface area contributed by atoms with Crippen LogP contribution in [-0.4, -0.2) is 46.4 Å². The summed E-state index contributed by atoms with van der Waals surface area (Å²) < 4.78 is 8.70. The average molecular weight is 457 g/mol. The highest BCUT2D eigenvalue weighted by molar-refractivity contribution is 5.43. The Morgan fingerprint density at radius 2 is 1.38 bits per heavy atom. The first-order valence-electron chi connectivity index (χ1n) is 11.7. The number of rotatable bonds is 10. The van der Waals surface area contributed by atoms with Gasteiger partial charge in [-0.3, -0.25) is 0 Å². The molecular weight excluding hydrogens is 422 g/mol. The molecule has 1 N–H and O–H groups in total. The molecule has 0 spiro atoms. The minimum atomic E-state index is -1.34. The van der Waals surface area contributed by atoms with Gasteiger partial charge in [-0.1, -0.05) is 78.9 Å². The fourth-order valence-electron chi connectivity index (χ4n) is 4.43. The number of nitrogens with zero attached hydrogens (tertiary/aromatic N) is 3. The van der Waals surface area contributed by atoms with Gasteiger partial charge < -0.3 is 18.9 Å². The topological polar surface area (TPSA) is 47.3 Å². The van der Waals surface area contributed by atoms with Crippen molar-refractivity contribution in [1.29, 1.82) is 0 Å². The lowest BCUT2D eigenvalue weighted by atomic mass is 9.85. The number of quaternary nitrogens is 1. The number of aliphatic hydroxyl groups is 1. The quantitative estimate of drug-likeness (QED) is 0.277. The maximum Gasteiger partial charge on any atom is 0.173 e. The van der Waals surface area contributed by atoms with Crippen LogP contribution >= 0.6 is 0 Å². The summed E-state index contributed by atoms with van der Waals surface area (Å²) >= 11 is 0. The molecule has 5 nitrogen and oxygen atoms in total. The normalized spacial score (nSPS) is 12.0. The van der Waals surface area contributed by atoms with Crippen molar-refractivity contribution in [2.75, 3.05) is 27.2 Å². The van der Waals surface area contributed by atoms with Crippen LogP contribution in [0.4, 0.5) is 0 Å². The van der Waals surface area contributed by atoms with Crippen LogP contribution in [0.5, 0.6) is 5.75 Å². The summed E-state index contributed by atoms with van der Waals surface area (Å²) in [6, 6.07) is 29.5. The number of aromatic nitrogens is 2. The number of benzene rings is 3. The Balaban J connectivity index is 1.51. The summed E-state index contributed by atoms with van der Waals surface area (Å²) in [6.07, 6.45) is 2.84. The Labute approximate surface area is 202 Å². The summed E-state index contributed by atoms with van der Waals surface area (Å²) in [5.74, 6) is 1.53. The lowest BCUT2D eigenvalue weighted by molar-refractivity contribution is -0.904. The largest absolute Gasteiger partial charge is 0.493 e. The second-order valence-electron chi connectivity index (χ2n) is 9.41. The van der Waals surface area contributed by atoms with E-state index in [2.05, 4.69) is 14.1 Å². The van der Waals surface area contributed by atoms with Crippen LogP contribution < -0.4 is 4.74 Å². The van der Waals surface area contributed by atoms with Gasteiger partial charge in [0.05, 0.1) is 39.1 Å². The zero-order valence-corrected chi connectivity index (χ0v) is 20.3. The van der Waals surface area contributed by atoms with E-state index in [1.54, 1.807) is 0 Å². The van der Waals surface area contributed by atoms with Crippen LogP contribution in [0, 0.1) is 0 Å². The summed E-state index contributed by atoms with van der Waals surface area (Å²) in [6.45, 7) is 2.45. The van der Waals surface area contributed by atoms with E-state index in [1.165, 1.54) is 0 Å². The van der Waals surface area contributed by atoms with Crippen molar-refractivity contribution in [3.8, 4) is 5.75 Å². The highest BCUT2D eigenvalue weighted by Gasteiger charge is 2.38. The number of para-hydroxylation sites is 1. The van der Waals surface area contributed by atoms with Gasteiger partial charge >= 0.3 is 0 Å². The van der Waals surface area contributed by atoms with Gasteiger partial charge in [0.25, 0.3) is 0 Å². The van der Waals surface area contributed by atoms with Crippen molar-refractivity contribution in [1.82, 2.24) is 9.55 Å². The summed E-state index contributed by atoms with van der Waals surface area (Å²) in [4.78, 5) is 4.74. The van der Waals surface area contributed by atoms with Gasteiger partial charge in [0.15, 0.2) is 5.60 Å². The zero-order valence-electron chi connectivity index (χ0n) is 20.3. The molecule has 0 unspecified atom stereocenters. The monoisotopic (exact) mass is 456 g/mol. The van der Waals surface area contributed by atoms with E-state index in [0.717, 1.165) is 46.6 Å². The second kappa shape index (κ2) is 10.2. The van der Waals surface area contributed by atoms with E-state index in [1.807, 2.05) is 109 Å². The average Bonchev–Trinajstić information content (AvgIpc) is 3.22. The van der Waals surface area contributed by atoms with Crippen LogP contribution in [-0.2, 0) is 19.2 Å².